The molecular formula is C15H13ClN4O. The number of halogens is 1. The van der Waals surface area contributed by atoms with Crippen LogP contribution in [0.4, 0.5) is 5.69 Å². The van der Waals surface area contributed by atoms with E-state index < -0.39 is 0 Å². The van der Waals surface area contributed by atoms with Crippen LogP contribution in [0.5, 0.6) is 0 Å². The maximum absolute atomic E-state index is 5.91. The van der Waals surface area contributed by atoms with Gasteiger partial charge in [-0.15, -0.1) is 0 Å². The summed E-state index contributed by atoms with van der Waals surface area (Å²) < 4.78 is 5.30. The fourth-order valence-electron chi connectivity index (χ4n) is 2.10. The third-order valence-corrected chi connectivity index (χ3v) is 3.35. The summed E-state index contributed by atoms with van der Waals surface area (Å²) in [7, 11) is 0. The van der Waals surface area contributed by atoms with Gasteiger partial charge in [0.25, 0.3) is 5.89 Å². The van der Waals surface area contributed by atoms with Crippen LogP contribution in [0.3, 0.4) is 0 Å². The van der Waals surface area contributed by atoms with Crippen molar-refractivity contribution in [2.24, 2.45) is 0 Å². The number of rotatable bonds is 2. The Morgan fingerprint density at radius 1 is 1.00 bits per heavy atom. The number of hydrogen-bond acceptors (Lipinski definition) is 5. The van der Waals surface area contributed by atoms with Crippen LogP contribution in [0.2, 0.25) is 5.02 Å². The number of aryl methyl sites for hydroxylation is 2. The van der Waals surface area contributed by atoms with E-state index in [1.54, 1.807) is 18.2 Å². The molecule has 21 heavy (non-hydrogen) atoms. The lowest BCUT2D eigenvalue weighted by atomic mass is 10.2. The van der Waals surface area contributed by atoms with Crippen LogP contribution in [0.25, 0.3) is 22.8 Å². The summed E-state index contributed by atoms with van der Waals surface area (Å²) in [6.45, 7) is 3.86. The van der Waals surface area contributed by atoms with Gasteiger partial charge in [0, 0.05) is 22.5 Å². The highest BCUT2D eigenvalue weighted by atomic mass is 35.5. The van der Waals surface area contributed by atoms with Gasteiger partial charge in [0.15, 0.2) is 0 Å². The Balaban J connectivity index is 2.01. The van der Waals surface area contributed by atoms with E-state index in [1.165, 1.54) is 0 Å². The molecule has 0 unspecified atom stereocenters. The van der Waals surface area contributed by atoms with Gasteiger partial charge in [-0.3, -0.25) is 4.98 Å². The fraction of sp³-hybridized carbons (Fsp3) is 0.133. The van der Waals surface area contributed by atoms with Gasteiger partial charge >= 0.3 is 0 Å². The van der Waals surface area contributed by atoms with E-state index >= 15 is 0 Å². The van der Waals surface area contributed by atoms with Gasteiger partial charge in [-0.1, -0.05) is 16.8 Å². The zero-order chi connectivity index (χ0) is 15.0. The van der Waals surface area contributed by atoms with Crippen molar-refractivity contribution in [1.29, 1.82) is 0 Å². The number of nitrogens with zero attached hydrogens (tertiary/aromatic N) is 3. The minimum atomic E-state index is 0.403. The summed E-state index contributed by atoms with van der Waals surface area (Å²) in [5.41, 5.74) is 9.69. The Bertz CT molecular complexity index is 793. The van der Waals surface area contributed by atoms with Gasteiger partial charge < -0.3 is 10.3 Å². The van der Waals surface area contributed by atoms with Crippen LogP contribution in [-0.2, 0) is 0 Å². The summed E-state index contributed by atoms with van der Waals surface area (Å²) in [5.74, 6) is 0.924. The second-order valence-corrected chi connectivity index (χ2v) is 5.21. The van der Waals surface area contributed by atoms with E-state index in [0.29, 0.717) is 22.4 Å². The topological polar surface area (TPSA) is 77.8 Å². The lowest BCUT2D eigenvalue weighted by Gasteiger charge is -2.00. The van der Waals surface area contributed by atoms with Crippen LogP contribution in [0, 0.1) is 13.8 Å². The summed E-state index contributed by atoms with van der Waals surface area (Å²) in [4.78, 5) is 8.73. The van der Waals surface area contributed by atoms with E-state index in [0.717, 1.165) is 22.5 Å². The van der Waals surface area contributed by atoms with Crippen molar-refractivity contribution in [3.8, 4) is 22.8 Å². The van der Waals surface area contributed by atoms with Crippen LogP contribution in [-0.4, -0.2) is 15.1 Å². The highest BCUT2D eigenvalue weighted by Gasteiger charge is 2.12. The fourth-order valence-corrected chi connectivity index (χ4v) is 2.22. The van der Waals surface area contributed by atoms with Crippen molar-refractivity contribution in [1.82, 2.24) is 15.1 Å². The van der Waals surface area contributed by atoms with Gasteiger partial charge in [-0.05, 0) is 44.2 Å². The van der Waals surface area contributed by atoms with Crippen molar-refractivity contribution < 1.29 is 4.52 Å². The summed E-state index contributed by atoms with van der Waals surface area (Å²) in [6.07, 6.45) is 0. The Hall–Kier alpha value is -2.40. The monoisotopic (exact) mass is 300 g/mol. The van der Waals surface area contributed by atoms with Gasteiger partial charge in [0.1, 0.15) is 0 Å². The molecule has 1 aromatic carbocycles. The highest BCUT2D eigenvalue weighted by Crippen LogP contribution is 2.27. The third kappa shape index (κ3) is 2.73. The minimum absolute atomic E-state index is 0.403. The smallest absolute Gasteiger partial charge is 0.258 e. The Morgan fingerprint density at radius 2 is 1.71 bits per heavy atom. The molecule has 2 N–H and O–H groups in total. The molecule has 0 aliphatic rings. The second-order valence-electron chi connectivity index (χ2n) is 4.80. The van der Waals surface area contributed by atoms with E-state index in [1.807, 2.05) is 26.0 Å². The number of anilines is 1. The zero-order valence-electron chi connectivity index (χ0n) is 11.6. The lowest BCUT2D eigenvalue weighted by molar-refractivity contribution is 0.432. The molecule has 6 heteroatoms. The first kappa shape index (κ1) is 13.6. The predicted molar refractivity (Wildman–Crippen MR) is 81.9 cm³/mol. The maximum atomic E-state index is 5.91. The van der Waals surface area contributed by atoms with Crippen molar-refractivity contribution in [3.63, 3.8) is 0 Å². The lowest BCUT2D eigenvalue weighted by Crippen LogP contribution is -1.90. The molecular weight excluding hydrogens is 288 g/mol. The third-order valence-electron chi connectivity index (χ3n) is 3.01. The van der Waals surface area contributed by atoms with E-state index in [-0.39, 0.29) is 0 Å². The molecule has 0 bridgehead atoms. The summed E-state index contributed by atoms with van der Waals surface area (Å²) >= 11 is 5.91. The first-order chi connectivity index (χ1) is 10.0. The minimum Gasteiger partial charge on any atom is -0.398 e. The van der Waals surface area contributed by atoms with Crippen LogP contribution < -0.4 is 5.73 Å². The molecule has 2 aromatic heterocycles. The molecule has 0 radical (unpaired) electrons. The molecule has 0 spiro atoms. The highest BCUT2D eigenvalue weighted by molar-refractivity contribution is 6.33. The number of aromatic nitrogens is 3. The molecule has 3 rings (SSSR count). The maximum Gasteiger partial charge on any atom is 0.258 e. The molecule has 0 saturated carbocycles. The SMILES string of the molecule is Cc1cc(-c2noc(-c3ccc(Cl)c(N)c3)n2)cc(C)n1. The number of benzene rings is 1. The Labute approximate surface area is 126 Å². The molecule has 5 nitrogen and oxygen atoms in total. The van der Waals surface area contributed by atoms with Crippen LogP contribution in [0.1, 0.15) is 11.4 Å². The molecule has 0 fully saturated rings. The molecule has 0 saturated heterocycles. The zero-order valence-corrected chi connectivity index (χ0v) is 12.3. The summed E-state index contributed by atoms with van der Waals surface area (Å²) in [5, 5.41) is 4.51. The van der Waals surface area contributed by atoms with E-state index in [4.69, 9.17) is 21.9 Å². The van der Waals surface area contributed by atoms with Gasteiger partial charge in [0.05, 0.1) is 10.7 Å². The number of nitrogen functional groups attached to an aromatic ring is 1. The molecule has 3 aromatic rings. The van der Waals surface area contributed by atoms with Crippen molar-refractivity contribution in [3.05, 3.63) is 46.7 Å². The average molecular weight is 301 g/mol. The molecule has 2 heterocycles. The van der Waals surface area contributed by atoms with Gasteiger partial charge in [-0.2, -0.15) is 4.98 Å². The Kier molecular flexibility index (Phi) is 3.35. The molecule has 0 atom stereocenters. The molecule has 0 amide bonds. The predicted octanol–water partition coefficient (Wildman–Crippen LogP) is 3.65. The largest absolute Gasteiger partial charge is 0.398 e. The number of hydrogen-bond donors (Lipinski definition) is 1. The van der Waals surface area contributed by atoms with Crippen LogP contribution >= 0.6 is 11.6 Å². The molecule has 0 aliphatic carbocycles. The van der Waals surface area contributed by atoms with E-state index in [9.17, 15) is 0 Å². The number of nitrogens with two attached hydrogens (primary N) is 1. The van der Waals surface area contributed by atoms with Gasteiger partial charge in [-0.25, -0.2) is 0 Å². The standard InChI is InChI=1S/C15H13ClN4O/c1-8-5-11(6-9(2)18-8)14-19-15(21-20-14)10-3-4-12(16)13(17)7-10/h3-7H,17H2,1-2H3. The second kappa shape index (κ2) is 5.18. The Morgan fingerprint density at radius 3 is 2.38 bits per heavy atom. The average Bonchev–Trinajstić information content (AvgIpc) is 2.90. The molecule has 0 aliphatic heterocycles. The first-order valence-electron chi connectivity index (χ1n) is 6.38. The summed E-state index contributed by atoms with van der Waals surface area (Å²) in [6, 6.07) is 9.04. The molecule has 106 valence electrons. The first-order valence-corrected chi connectivity index (χ1v) is 6.75. The quantitative estimate of drug-likeness (QED) is 0.731. The van der Waals surface area contributed by atoms with Crippen molar-refractivity contribution in [2.45, 2.75) is 13.8 Å². The van der Waals surface area contributed by atoms with Crippen molar-refractivity contribution >= 4 is 17.3 Å². The number of pyridine rings is 1. The van der Waals surface area contributed by atoms with Crippen LogP contribution in [0.15, 0.2) is 34.9 Å². The van der Waals surface area contributed by atoms with Gasteiger partial charge in [0.2, 0.25) is 5.82 Å². The van der Waals surface area contributed by atoms with Crippen molar-refractivity contribution in [2.75, 3.05) is 5.73 Å². The van der Waals surface area contributed by atoms with E-state index in [2.05, 4.69) is 15.1 Å². The normalized spacial score (nSPS) is 10.8.